The van der Waals surface area contributed by atoms with Crippen LogP contribution in [0.25, 0.3) is 0 Å². The Balaban J connectivity index is 1.66. The van der Waals surface area contributed by atoms with Crippen LogP contribution in [0.15, 0.2) is 86.2 Å². The van der Waals surface area contributed by atoms with E-state index in [1.807, 2.05) is 35.3 Å². The van der Waals surface area contributed by atoms with E-state index in [0.29, 0.717) is 13.7 Å². The third-order valence-electron chi connectivity index (χ3n) is 4.17. The van der Waals surface area contributed by atoms with Crippen LogP contribution in [0.3, 0.4) is 0 Å². The van der Waals surface area contributed by atoms with Gasteiger partial charge in [0.15, 0.2) is 0 Å². The topological polar surface area (TPSA) is 0 Å². The second kappa shape index (κ2) is 9.31. The molecular formula is C21H15Br3S3. The second-order valence-corrected chi connectivity index (χ2v) is 13.3. The van der Waals surface area contributed by atoms with Gasteiger partial charge >= 0.3 is 0 Å². The predicted molar refractivity (Wildman–Crippen MR) is 133 cm³/mol. The molecule has 138 valence electrons. The zero-order valence-electron chi connectivity index (χ0n) is 14.0. The molecular weight excluding hydrogens is 588 g/mol. The number of benzene rings is 3. The van der Waals surface area contributed by atoms with E-state index in [1.165, 1.54) is 16.7 Å². The van der Waals surface area contributed by atoms with Crippen LogP contribution in [0, 0.1) is 0 Å². The van der Waals surface area contributed by atoms with Crippen LogP contribution in [0.5, 0.6) is 0 Å². The highest BCUT2D eigenvalue weighted by Crippen LogP contribution is 2.66. The summed E-state index contributed by atoms with van der Waals surface area (Å²) in [5.74, 6) is 0. The summed E-state index contributed by atoms with van der Waals surface area (Å²) in [6.07, 6.45) is 0. The minimum absolute atomic E-state index is 0.404. The van der Waals surface area contributed by atoms with Gasteiger partial charge < -0.3 is 0 Å². The summed E-state index contributed by atoms with van der Waals surface area (Å²) in [4.78, 5) is 0. The zero-order valence-corrected chi connectivity index (χ0v) is 21.2. The van der Waals surface area contributed by atoms with Gasteiger partial charge in [0.2, 0.25) is 0 Å². The van der Waals surface area contributed by atoms with Crippen molar-refractivity contribution >= 4 is 83.1 Å². The van der Waals surface area contributed by atoms with Crippen LogP contribution < -0.4 is 0 Å². The standard InChI is InChI=1S/C21H15Br3S3/c22-16-7-1-13(2-8-16)19-25-20(14-3-9-17(23)10-4-14)27-21(26-19)15-5-11-18(24)12-6-15/h1-12,19-21H. The monoisotopic (exact) mass is 600 g/mol. The van der Waals surface area contributed by atoms with Gasteiger partial charge in [-0.05, 0) is 53.1 Å². The quantitative estimate of drug-likeness (QED) is 0.293. The Morgan fingerprint density at radius 2 is 0.630 bits per heavy atom. The Labute approximate surface area is 198 Å². The Kier molecular flexibility index (Phi) is 7.04. The molecule has 1 heterocycles. The lowest BCUT2D eigenvalue weighted by molar-refractivity contribution is 1.25. The molecule has 0 unspecified atom stereocenters. The Morgan fingerprint density at radius 3 is 0.852 bits per heavy atom. The average molecular weight is 603 g/mol. The van der Waals surface area contributed by atoms with Gasteiger partial charge in [-0.3, -0.25) is 0 Å². The average Bonchev–Trinajstić information content (AvgIpc) is 2.69. The number of thioether (sulfide) groups is 3. The van der Waals surface area contributed by atoms with Crippen LogP contribution in [0.1, 0.15) is 30.4 Å². The molecule has 0 aromatic heterocycles. The Bertz CT molecular complexity index is 767. The summed E-state index contributed by atoms with van der Waals surface area (Å²) in [5.41, 5.74) is 4.12. The number of halogens is 3. The summed E-state index contributed by atoms with van der Waals surface area (Å²) >= 11 is 16.8. The number of hydrogen-bond acceptors (Lipinski definition) is 3. The van der Waals surface area contributed by atoms with E-state index in [2.05, 4.69) is 121 Å². The SMILES string of the molecule is Brc1ccc(C2SC(c3ccc(Br)cc3)SC(c3ccc(Br)cc3)S2)cc1. The lowest BCUT2D eigenvalue weighted by Crippen LogP contribution is -2.05. The fourth-order valence-electron chi connectivity index (χ4n) is 2.76. The van der Waals surface area contributed by atoms with Crippen LogP contribution in [0.2, 0.25) is 0 Å². The molecule has 0 aliphatic carbocycles. The van der Waals surface area contributed by atoms with E-state index in [4.69, 9.17) is 0 Å². The first kappa shape index (κ1) is 20.4. The van der Waals surface area contributed by atoms with Crippen molar-refractivity contribution in [3.63, 3.8) is 0 Å². The van der Waals surface area contributed by atoms with E-state index < -0.39 is 0 Å². The molecule has 0 saturated carbocycles. The fraction of sp³-hybridized carbons (Fsp3) is 0.143. The first-order chi connectivity index (χ1) is 13.1. The molecule has 0 nitrogen and oxygen atoms in total. The highest BCUT2D eigenvalue weighted by molar-refractivity contribution is 9.11. The van der Waals surface area contributed by atoms with Crippen molar-refractivity contribution in [2.45, 2.75) is 13.7 Å². The maximum Gasteiger partial charge on any atom is 0.0780 e. The third kappa shape index (κ3) is 5.20. The molecule has 4 rings (SSSR count). The smallest absolute Gasteiger partial charge is 0.0780 e. The minimum Gasteiger partial charge on any atom is -0.123 e. The molecule has 0 amide bonds. The molecule has 1 saturated heterocycles. The lowest BCUT2D eigenvalue weighted by Gasteiger charge is -2.34. The van der Waals surface area contributed by atoms with Crippen molar-refractivity contribution in [1.82, 2.24) is 0 Å². The number of rotatable bonds is 3. The Morgan fingerprint density at radius 1 is 0.407 bits per heavy atom. The summed E-state index contributed by atoms with van der Waals surface area (Å²) < 4.78 is 4.59. The van der Waals surface area contributed by atoms with Crippen molar-refractivity contribution in [2.75, 3.05) is 0 Å². The maximum atomic E-state index is 3.55. The van der Waals surface area contributed by atoms with Crippen LogP contribution in [0.4, 0.5) is 0 Å². The normalized spacial score (nSPS) is 22.6. The molecule has 1 aliphatic rings. The molecule has 6 heteroatoms. The molecule has 0 N–H and O–H groups in total. The summed E-state index contributed by atoms with van der Waals surface area (Å²) in [6, 6.07) is 26.3. The fourth-order valence-corrected chi connectivity index (χ4v) is 9.52. The summed E-state index contributed by atoms with van der Waals surface area (Å²) in [5, 5.41) is 0. The van der Waals surface area contributed by atoms with E-state index in [1.54, 1.807) is 0 Å². The molecule has 0 atom stereocenters. The summed E-state index contributed by atoms with van der Waals surface area (Å²) in [6.45, 7) is 0. The molecule has 3 aromatic carbocycles. The van der Waals surface area contributed by atoms with Crippen molar-refractivity contribution < 1.29 is 0 Å². The molecule has 0 spiro atoms. The predicted octanol–water partition coefficient (Wildman–Crippen LogP) is 9.58. The summed E-state index contributed by atoms with van der Waals surface area (Å²) in [7, 11) is 0. The van der Waals surface area contributed by atoms with Gasteiger partial charge in [0.1, 0.15) is 0 Å². The number of hydrogen-bond donors (Lipinski definition) is 0. The van der Waals surface area contributed by atoms with Crippen molar-refractivity contribution in [2.24, 2.45) is 0 Å². The first-order valence-corrected chi connectivity index (χ1v) is 13.5. The van der Waals surface area contributed by atoms with Crippen molar-refractivity contribution in [1.29, 1.82) is 0 Å². The van der Waals surface area contributed by atoms with E-state index in [9.17, 15) is 0 Å². The zero-order chi connectivity index (χ0) is 18.8. The highest BCUT2D eigenvalue weighted by atomic mass is 79.9. The van der Waals surface area contributed by atoms with Crippen LogP contribution in [-0.2, 0) is 0 Å². The third-order valence-corrected chi connectivity index (χ3v) is 10.9. The second-order valence-electron chi connectivity index (χ2n) is 6.06. The molecule has 1 fully saturated rings. The molecule has 0 bridgehead atoms. The van der Waals surface area contributed by atoms with Gasteiger partial charge in [0.25, 0.3) is 0 Å². The largest absolute Gasteiger partial charge is 0.123 e. The van der Waals surface area contributed by atoms with Gasteiger partial charge in [0.05, 0.1) is 13.7 Å². The maximum absolute atomic E-state index is 3.55. The van der Waals surface area contributed by atoms with Crippen molar-refractivity contribution in [3.8, 4) is 0 Å². The lowest BCUT2D eigenvalue weighted by atomic mass is 10.2. The van der Waals surface area contributed by atoms with Crippen LogP contribution in [-0.4, -0.2) is 0 Å². The van der Waals surface area contributed by atoms with Gasteiger partial charge in [-0.1, -0.05) is 84.2 Å². The van der Waals surface area contributed by atoms with E-state index in [-0.39, 0.29) is 0 Å². The first-order valence-electron chi connectivity index (χ1n) is 8.31. The minimum atomic E-state index is 0.404. The molecule has 27 heavy (non-hydrogen) atoms. The van der Waals surface area contributed by atoms with Crippen molar-refractivity contribution in [3.05, 3.63) is 103 Å². The van der Waals surface area contributed by atoms with Gasteiger partial charge in [0, 0.05) is 13.4 Å². The van der Waals surface area contributed by atoms with E-state index >= 15 is 0 Å². The van der Waals surface area contributed by atoms with Gasteiger partial charge in [-0.15, -0.1) is 35.3 Å². The molecule has 3 aromatic rings. The molecule has 0 radical (unpaired) electrons. The van der Waals surface area contributed by atoms with Gasteiger partial charge in [-0.25, -0.2) is 0 Å². The highest BCUT2D eigenvalue weighted by Gasteiger charge is 2.33. The van der Waals surface area contributed by atoms with E-state index in [0.717, 1.165) is 13.4 Å². The molecule has 1 aliphatic heterocycles. The van der Waals surface area contributed by atoms with Crippen LogP contribution >= 0.6 is 83.1 Å². The van der Waals surface area contributed by atoms with Gasteiger partial charge in [-0.2, -0.15) is 0 Å². The Hall–Kier alpha value is 0.150.